The fourth-order valence-electron chi connectivity index (χ4n) is 3.40. The van der Waals surface area contributed by atoms with Crippen LogP contribution in [-0.2, 0) is 4.79 Å². The van der Waals surface area contributed by atoms with E-state index in [1.54, 1.807) is 24.3 Å². The number of carbonyl (C=O) groups excluding carboxylic acids is 2. The van der Waals surface area contributed by atoms with Crippen LogP contribution in [0.5, 0.6) is 0 Å². The normalized spacial score (nSPS) is 13.7. The third kappa shape index (κ3) is 6.05. The van der Waals surface area contributed by atoms with Crippen LogP contribution in [0.25, 0.3) is 0 Å². The van der Waals surface area contributed by atoms with Crippen molar-refractivity contribution < 1.29 is 9.59 Å². The molecular formula is C22H23N5O2S2. The minimum atomic E-state index is -0.195. The first-order chi connectivity index (χ1) is 15.2. The van der Waals surface area contributed by atoms with Gasteiger partial charge in [-0.15, -0.1) is 10.2 Å². The second kappa shape index (κ2) is 10.4. The van der Waals surface area contributed by atoms with Crippen LogP contribution in [0.15, 0.2) is 58.9 Å². The van der Waals surface area contributed by atoms with Gasteiger partial charge in [-0.3, -0.25) is 9.59 Å². The van der Waals surface area contributed by atoms with Gasteiger partial charge in [0.25, 0.3) is 5.91 Å². The van der Waals surface area contributed by atoms with Crippen molar-refractivity contribution in [3.8, 4) is 0 Å². The molecule has 1 fully saturated rings. The molecule has 0 spiro atoms. The predicted octanol–water partition coefficient (Wildman–Crippen LogP) is 4.68. The minimum Gasteiger partial charge on any atom is -0.349 e. The molecule has 1 saturated carbocycles. The van der Waals surface area contributed by atoms with E-state index in [-0.39, 0.29) is 23.6 Å². The molecule has 1 aromatic heterocycles. The number of hydrogen-bond acceptors (Lipinski definition) is 7. The molecule has 0 saturated heterocycles. The second-order valence-electron chi connectivity index (χ2n) is 7.20. The average Bonchev–Trinajstić information content (AvgIpc) is 3.45. The fourth-order valence-corrected chi connectivity index (χ4v) is 4.97. The average molecular weight is 454 g/mol. The van der Waals surface area contributed by atoms with Gasteiger partial charge in [-0.2, -0.15) is 0 Å². The molecule has 3 aromatic rings. The maximum Gasteiger partial charge on any atom is 0.253 e. The van der Waals surface area contributed by atoms with Crippen molar-refractivity contribution in [3.05, 3.63) is 60.2 Å². The number of aromatic nitrogens is 2. The molecular weight excluding hydrogens is 430 g/mol. The van der Waals surface area contributed by atoms with Gasteiger partial charge in [0.2, 0.25) is 11.0 Å². The molecule has 4 rings (SSSR count). The van der Waals surface area contributed by atoms with Crippen molar-refractivity contribution in [1.82, 2.24) is 15.5 Å². The van der Waals surface area contributed by atoms with Crippen molar-refractivity contribution in [3.63, 3.8) is 0 Å². The zero-order valence-electron chi connectivity index (χ0n) is 16.8. The summed E-state index contributed by atoms with van der Waals surface area (Å²) >= 11 is 2.70. The summed E-state index contributed by atoms with van der Waals surface area (Å²) in [5.41, 5.74) is 1.94. The number of nitrogens with one attached hydrogen (secondary N) is 3. The summed E-state index contributed by atoms with van der Waals surface area (Å²) in [4.78, 5) is 25.1. The number of para-hydroxylation sites is 2. The van der Waals surface area contributed by atoms with E-state index in [0.717, 1.165) is 31.4 Å². The molecule has 0 unspecified atom stereocenters. The Morgan fingerprint density at radius 3 is 2.55 bits per heavy atom. The van der Waals surface area contributed by atoms with Crippen molar-refractivity contribution in [2.24, 2.45) is 0 Å². The number of rotatable bonds is 8. The van der Waals surface area contributed by atoms with E-state index < -0.39 is 0 Å². The largest absolute Gasteiger partial charge is 0.349 e. The first kappa shape index (κ1) is 21.3. The lowest BCUT2D eigenvalue weighted by molar-refractivity contribution is -0.113. The summed E-state index contributed by atoms with van der Waals surface area (Å²) < 4.78 is 0.695. The molecule has 2 amide bonds. The Kier molecular flexibility index (Phi) is 7.16. The summed E-state index contributed by atoms with van der Waals surface area (Å²) in [7, 11) is 0. The molecule has 0 atom stereocenters. The zero-order valence-corrected chi connectivity index (χ0v) is 18.5. The first-order valence-electron chi connectivity index (χ1n) is 10.2. The van der Waals surface area contributed by atoms with Crippen LogP contribution in [0.4, 0.5) is 16.5 Å². The van der Waals surface area contributed by atoms with Crippen LogP contribution in [0, 0.1) is 0 Å². The molecule has 31 heavy (non-hydrogen) atoms. The van der Waals surface area contributed by atoms with E-state index in [1.807, 2.05) is 30.3 Å². The lowest BCUT2D eigenvalue weighted by Gasteiger charge is -2.14. The van der Waals surface area contributed by atoms with Gasteiger partial charge in [0.1, 0.15) is 0 Å². The van der Waals surface area contributed by atoms with E-state index >= 15 is 0 Å². The van der Waals surface area contributed by atoms with Crippen LogP contribution in [0.1, 0.15) is 36.0 Å². The SMILES string of the molecule is O=C(CSc1nnc(Nc2ccccc2)s1)Nc1ccccc1C(=O)NC1CCCC1. The Bertz CT molecular complexity index is 1040. The molecule has 2 aromatic carbocycles. The van der Waals surface area contributed by atoms with Gasteiger partial charge in [-0.25, -0.2) is 0 Å². The Labute approximate surface area is 189 Å². The Balaban J connectivity index is 1.31. The highest BCUT2D eigenvalue weighted by atomic mass is 32.2. The predicted molar refractivity (Wildman–Crippen MR) is 125 cm³/mol. The number of hydrogen-bond donors (Lipinski definition) is 3. The monoisotopic (exact) mass is 453 g/mol. The quantitative estimate of drug-likeness (QED) is 0.429. The van der Waals surface area contributed by atoms with Gasteiger partial charge in [0.15, 0.2) is 4.34 Å². The van der Waals surface area contributed by atoms with Crippen molar-refractivity contribution in [2.75, 3.05) is 16.4 Å². The van der Waals surface area contributed by atoms with Crippen LogP contribution >= 0.6 is 23.1 Å². The molecule has 0 aliphatic heterocycles. The smallest absolute Gasteiger partial charge is 0.253 e. The van der Waals surface area contributed by atoms with Crippen LogP contribution < -0.4 is 16.0 Å². The zero-order chi connectivity index (χ0) is 21.5. The molecule has 9 heteroatoms. The standard InChI is InChI=1S/C22H23N5O2S2/c28-19(14-30-22-27-26-21(31-22)24-16-8-2-1-3-9-16)25-18-13-7-6-12-17(18)20(29)23-15-10-4-5-11-15/h1-3,6-9,12-13,15H,4-5,10-11,14H2,(H,23,29)(H,24,26)(H,25,28). The number of thioether (sulfide) groups is 1. The van der Waals surface area contributed by atoms with Gasteiger partial charge in [0, 0.05) is 11.7 Å². The molecule has 7 nitrogen and oxygen atoms in total. The fraction of sp³-hybridized carbons (Fsp3) is 0.273. The van der Waals surface area contributed by atoms with E-state index in [2.05, 4.69) is 26.1 Å². The van der Waals surface area contributed by atoms with Gasteiger partial charge < -0.3 is 16.0 Å². The van der Waals surface area contributed by atoms with Crippen molar-refractivity contribution in [1.29, 1.82) is 0 Å². The first-order valence-corrected chi connectivity index (χ1v) is 12.0. The number of amides is 2. The highest BCUT2D eigenvalue weighted by Crippen LogP contribution is 2.28. The van der Waals surface area contributed by atoms with Crippen LogP contribution in [0.2, 0.25) is 0 Å². The van der Waals surface area contributed by atoms with Gasteiger partial charge in [0.05, 0.1) is 17.0 Å². The van der Waals surface area contributed by atoms with Gasteiger partial charge in [-0.05, 0) is 37.1 Å². The molecule has 0 radical (unpaired) electrons. The van der Waals surface area contributed by atoms with E-state index in [4.69, 9.17) is 0 Å². The number of benzene rings is 2. The third-order valence-electron chi connectivity index (χ3n) is 4.89. The molecule has 1 heterocycles. The third-order valence-corrected chi connectivity index (χ3v) is 6.87. The molecule has 1 aliphatic carbocycles. The summed E-state index contributed by atoms with van der Waals surface area (Å²) in [6, 6.07) is 17.0. The van der Waals surface area contributed by atoms with Crippen LogP contribution in [0.3, 0.4) is 0 Å². The lowest BCUT2D eigenvalue weighted by Crippen LogP contribution is -2.33. The van der Waals surface area contributed by atoms with Crippen molar-refractivity contribution >= 4 is 51.4 Å². The van der Waals surface area contributed by atoms with Crippen LogP contribution in [-0.4, -0.2) is 33.8 Å². The van der Waals surface area contributed by atoms with Crippen molar-refractivity contribution in [2.45, 2.75) is 36.1 Å². The van der Waals surface area contributed by atoms with E-state index in [0.29, 0.717) is 20.7 Å². The molecule has 160 valence electrons. The topological polar surface area (TPSA) is 96.0 Å². The Hall–Kier alpha value is -2.91. The number of anilines is 3. The highest BCUT2D eigenvalue weighted by Gasteiger charge is 2.20. The van der Waals surface area contributed by atoms with E-state index in [1.165, 1.54) is 23.1 Å². The summed E-state index contributed by atoms with van der Waals surface area (Å²) in [5.74, 6) is -0.159. The van der Waals surface area contributed by atoms with Gasteiger partial charge in [-0.1, -0.05) is 66.3 Å². The Morgan fingerprint density at radius 1 is 1.00 bits per heavy atom. The lowest BCUT2D eigenvalue weighted by atomic mass is 10.1. The Morgan fingerprint density at radius 2 is 1.74 bits per heavy atom. The maximum atomic E-state index is 12.6. The summed E-state index contributed by atoms with van der Waals surface area (Å²) in [6.45, 7) is 0. The number of nitrogens with zero attached hydrogens (tertiary/aromatic N) is 2. The van der Waals surface area contributed by atoms with E-state index in [9.17, 15) is 9.59 Å². The van der Waals surface area contributed by atoms with Gasteiger partial charge >= 0.3 is 0 Å². The minimum absolute atomic E-state index is 0.142. The maximum absolute atomic E-state index is 12.6. The second-order valence-corrected chi connectivity index (χ2v) is 9.40. The summed E-state index contributed by atoms with van der Waals surface area (Å²) in [6.07, 6.45) is 4.32. The summed E-state index contributed by atoms with van der Waals surface area (Å²) in [5, 5.41) is 18.0. The highest BCUT2D eigenvalue weighted by molar-refractivity contribution is 8.01. The molecule has 3 N–H and O–H groups in total. The number of carbonyl (C=O) groups is 2. The molecule has 0 bridgehead atoms. The molecule has 1 aliphatic rings.